The van der Waals surface area contributed by atoms with Gasteiger partial charge in [-0.05, 0) is 56.0 Å². The van der Waals surface area contributed by atoms with Crippen molar-refractivity contribution in [1.82, 2.24) is 9.55 Å². The summed E-state index contributed by atoms with van der Waals surface area (Å²) in [5.41, 5.74) is 2.05. The molecule has 0 atom stereocenters. The standard InChI is InChI=1S/C15H18Cl2N2S/c1-2-9-3-5-10(6-4-9)19-14-8-12(17)11(16)7-13(14)18-15(19)20/h7-10H,2-6H2,1H3,(H,18,20). The lowest BCUT2D eigenvalue weighted by atomic mass is 9.84. The first-order valence-corrected chi connectivity index (χ1v) is 8.35. The molecule has 2 aromatic rings. The lowest BCUT2D eigenvalue weighted by Crippen LogP contribution is -2.17. The number of benzene rings is 1. The number of aromatic amines is 1. The lowest BCUT2D eigenvalue weighted by molar-refractivity contribution is 0.272. The Bertz CT molecular complexity index is 681. The fourth-order valence-electron chi connectivity index (χ4n) is 3.29. The molecule has 1 aromatic heterocycles. The molecule has 108 valence electrons. The van der Waals surface area contributed by atoms with Crippen LogP contribution in [0.5, 0.6) is 0 Å². The van der Waals surface area contributed by atoms with Crippen LogP contribution in [-0.2, 0) is 0 Å². The number of halogens is 2. The van der Waals surface area contributed by atoms with E-state index in [0.29, 0.717) is 16.1 Å². The molecule has 0 unspecified atom stereocenters. The summed E-state index contributed by atoms with van der Waals surface area (Å²) in [6.45, 7) is 2.28. The highest BCUT2D eigenvalue weighted by Gasteiger charge is 2.23. The second-order valence-corrected chi connectivity index (χ2v) is 6.87. The van der Waals surface area contributed by atoms with E-state index in [1.807, 2.05) is 12.1 Å². The average molecular weight is 329 g/mol. The predicted molar refractivity (Wildman–Crippen MR) is 88.4 cm³/mol. The van der Waals surface area contributed by atoms with Crippen LogP contribution in [0.15, 0.2) is 12.1 Å². The molecule has 1 aromatic carbocycles. The molecule has 3 rings (SSSR count). The largest absolute Gasteiger partial charge is 0.331 e. The summed E-state index contributed by atoms with van der Waals surface area (Å²) in [7, 11) is 0. The van der Waals surface area contributed by atoms with Crippen LogP contribution < -0.4 is 0 Å². The Hall–Kier alpha value is -0.510. The number of nitrogens with zero attached hydrogens (tertiary/aromatic N) is 1. The van der Waals surface area contributed by atoms with Gasteiger partial charge in [0, 0.05) is 6.04 Å². The molecular formula is C15H18Cl2N2S. The van der Waals surface area contributed by atoms with Crippen molar-refractivity contribution in [1.29, 1.82) is 0 Å². The van der Waals surface area contributed by atoms with Gasteiger partial charge in [-0.2, -0.15) is 0 Å². The summed E-state index contributed by atoms with van der Waals surface area (Å²) in [6.07, 6.45) is 6.25. The SMILES string of the molecule is CCC1CCC(n2c(=S)[nH]c3cc(Cl)c(Cl)cc32)CC1. The van der Waals surface area contributed by atoms with E-state index in [1.165, 1.54) is 32.1 Å². The van der Waals surface area contributed by atoms with E-state index < -0.39 is 0 Å². The van der Waals surface area contributed by atoms with Crippen molar-refractivity contribution in [2.45, 2.75) is 45.1 Å². The van der Waals surface area contributed by atoms with E-state index in [1.54, 1.807) is 0 Å². The molecule has 1 aliphatic rings. The minimum Gasteiger partial charge on any atom is -0.331 e. The zero-order valence-electron chi connectivity index (χ0n) is 11.5. The number of nitrogens with one attached hydrogen (secondary N) is 1. The van der Waals surface area contributed by atoms with Crippen LogP contribution in [0.2, 0.25) is 10.0 Å². The highest BCUT2D eigenvalue weighted by Crippen LogP contribution is 2.37. The van der Waals surface area contributed by atoms with Crippen LogP contribution in [0.1, 0.15) is 45.1 Å². The molecule has 1 saturated carbocycles. The van der Waals surface area contributed by atoms with Crippen LogP contribution in [0.3, 0.4) is 0 Å². The van der Waals surface area contributed by atoms with Crippen LogP contribution in [0, 0.1) is 10.7 Å². The van der Waals surface area contributed by atoms with Gasteiger partial charge in [0.25, 0.3) is 0 Å². The Labute approximate surface area is 134 Å². The fraction of sp³-hybridized carbons (Fsp3) is 0.533. The zero-order valence-corrected chi connectivity index (χ0v) is 13.8. The maximum absolute atomic E-state index is 6.16. The van der Waals surface area contributed by atoms with Gasteiger partial charge in [0.2, 0.25) is 0 Å². The molecule has 1 N–H and O–H groups in total. The molecule has 0 spiro atoms. The predicted octanol–water partition coefficient (Wildman–Crippen LogP) is 6.15. The van der Waals surface area contributed by atoms with Crippen molar-refractivity contribution in [2.24, 2.45) is 5.92 Å². The molecular weight excluding hydrogens is 311 g/mol. The number of aromatic nitrogens is 2. The van der Waals surface area contributed by atoms with E-state index in [4.69, 9.17) is 35.4 Å². The van der Waals surface area contributed by atoms with Gasteiger partial charge >= 0.3 is 0 Å². The molecule has 1 aliphatic carbocycles. The highest BCUT2D eigenvalue weighted by molar-refractivity contribution is 7.71. The van der Waals surface area contributed by atoms with Gasteiger partial charge in [-0.1, -0.05) is 36.5 Å². The van der Waals surface area contributed by atoms with Crippen LogP contribution >= 0.6 is 35.4 Å². The Kier molecular flexibility index (Phi) is 4.11. The molecule has 5 heteroatoms. The summed E-state index contributed by atoms with van der Waals surface area (Å²) in [6, 6.07) is 4.27. The Morgan fingerprint density at radius 3 is 2.50 bits per heavy atom. The van der Waals surface area contributed by atoms with Gasteiger partial charge in [-0.15, -0.1) is 0 Å². The Balaban J connectivity index is 2.01. The van der Waals surface area contributed by atoms with Gasteiger partial charge in [0.05, 0.1) is 21.1 Å². The summed E-state index contributed by atoms with van der Waals surface area (Å²) < 4.78 is 3.01. The quantitative estimate of drug-likeness (QED) is 0.656. The lowest BCUT2D eigenvalue weighted by Gasteiger charge is -2.29. The fourth-order valence-corrected chi connectivity index (χ4v) is 3.97. The van der Waals surface area contributed by atoms with Crippen molar-refractivity contribution in [3.05, 3.63) is 26.9 Å². The van der Waals surface area contributed by atoms with Crippen molar-refractivity contribution in [3.63, 3.8) is 0 Å². The summed E-state index contributed by atoms with van der Waals surface area (Å²) in [5.74, 6) is 0.878. The molecule has 0 saturated heterocycles. The Morgan fingerprint density at radius 2 is 1.85 bits per heavy atom. The smallest absolute Gasteiger partial charge is 0.178 e. The number of hydrogen-bond acceptors (Lipinski definition) is 1. The number of rotatable bonds is 2. The summed E-state index contributed by atoms with van der Waals surface area (Å²) in [4.78, 5) is 3.25. The van der Waals surface area contributed by atoms with Gasteiger partial charge in [-0.3, -0.25) is 0 Å². The van der Waals surface area contributed by atoms with E-state index in [-0.39, 0.29) is 0 Å². The van der Waals surface area contributed by atoms with E-state index >= 15 is 0 Å². The highest BCUT2D eigenvalue weighted by atomic mass is 35.5. The molecule has 0 radical (unpaired) electrons. The summed E-state index contributed by atoms with van der Waals surface area (Å²) >= 11 is 17.7. The van der Waals surface area contributed by atoms with Crippen molar-refractivity contribution < 1.29 is 0 Å². The average Bonchev–Trinajstić information content (AvgIpc) is 2.75. The van der Waals surface area contributed by atoms with Gasteiger partial charge < -0.3 is 9.55 Å². The molecule has 1 heterocycles. The topological polar surface area (TPSA) is 20.7 Å². The van der Waals surface area contributed by atoms with Crippen molar-refractivity contribution >= 4 is 46.5 Å². The normalized spacial score (nSPS) is 23.4. The minimum absolute atomic E-state index is 0.483. The second-order valence-electron chi connectivity index (χ2n) is 5.67. The summed E-state index contributed by atoms with van der Waals surface area (Å²) in [5, 5.41) is 1.15. The van der Waals surface area contributed by atoms with Crippen LogP contribution in [0.25, 0.3) is 11.0 Å². The van der Waals surface area contributed by atoms with Gasteiger partial charge in [-0.25, -0.2) is 0 Å². The van der Waals surface area contributed by atoms with Crippen LogP contribution in [0.4, 0.5) is 0 Å². The molecule has 0 amide bonds. The molecule has 20 heavy (non-hydrogen) atoms. The third kappa shape index (κ3) is 2.51. The maximum Gasteiger partial charge on any atom is 0.178 e. The van der Waals surface area contributed by atoms with E-state index in [9.17, 15) is 0 Å². The first kappa shape index (κ1) is 14.4. The minimum atomic E-state index is 0.483. The molecule has 2 nitrogen and oxygen atoms in total. The molecule has 0 aliphatic heterocycles. The molecule has 1 fully saturated rings. The van der Waals surface area contributed by atoms with Crippen molar-refractivity contribution in [2.75, 3.05) is 0 Å². The van der Waals surface area contributed by atoms with E-state index in [0.717, 1.165) is 21.7 Å². The maximum atomic E-state index is 6.16. The first-order chi connectivity index (χ1) is 9.60. The number of H-pyrrole nitrogens is 1. The number of hydrogen-bond donors (Lipinski definition) is 1. The number of fused-ring (bicyclic) bond motifs is 1. The monoisotopic (exact) mass is 328 g/mol. The second kappa shape index (κ2) is 5.70. The Morgan fingerprint density at radius 1 is 1.20 bits per heavy atom. The van der Waals surface area contributed by atoms with Crippen LogP contribution in [-0.4, -0.2) is 9.55 Å². The molecule has 0 bridgehead atoms. The van der Waals surface area contributed by atoms with Gasteiger partial charge in [0.15, 0.2) is 4.77 Å². The number of imidazole rings is 1. The third-order valence-electron chi connectivity index (χ3n) is 4.52. The van der Waals surface area contributed by atoms with Gasteiger partial charge in [0.1, 0.15) is 0 Å². The third-order valence-corrected chi connectivity index (χ3v) is 5.54. The first-order valence-electron chi connectivity index (χ1n) is 7.19. The van der Waals surface area contributed by atoms with Crippen molar-refractivity contribution in [3.8, 4) is 0 Å². The van der Waals surface area contributed by atoms with E-state index in [2.05, 4.69) is 16.5 Å². The zero-order chi connectivity index (χ0) is 14.3.